The van der Waals surface area contributed by atoms with Crippen molar-refractivity contribution in [3.63, 3.8) is 0 Å². The zero-order valence-corrected chi connectivity index (χ0v) is 16.1. The van der Waals surface area contributed by atoms with Crippen LogP contribution >= 0.6 is 0 Å². The molecule has 0 aliphatic carbocycles. The lowest BCUT2D eigenvalue weighted by Crippen LogP contribution is -2.44. The van der Waals surface area contributed by atoms with E-state index in [1.165, 1.54) is 0 Å². The maximum atomic E-state index is 10.1. The SMILES string of the molecule is C[C@@H]1COCCN1c1cc(C2(C#N)CCCOCC2)cc(Nc2ccn[nH]2)n1. The van der Waals surface area contributed by atoms with Gasteiger partial charge >= 0.3 is 0 Å². The van der Waals surface area contributed by atoms with Gasteiger partial charge in [0.05, 0.1) is 36.9 Å². The van der Waals surface area contributed by atoms with Crippen LogP contribution in [0.15, 0.2) is 24.4 Å². The molecule has 0 bridgehead atoms. The number of rotatable bonds is 4. The molecule has 8 heteroatoms. The van der Waals surface area contributed by atoms with E-state index < -0.39 is 5.41 Å². The fraction of sp³-hybridized carbons (Fsp3) is 0.550. The number of anilines is 3. The van der Waals surface area contributed by atoms with E-state index in [1.807, 2.05) is 12.1 Å². The maximum Gasteiger partial charge on any atom is 0.134 e. The van der Waals surface area contributed by atoms with Crippen molar-refractivity contribution in [1.82, 2.24) is 15.2 Å². The highest BCUT2D eigenvalue weighted by Gasteiger charge is 2.35. The second-order valence-corrected chi connectivity index (χ2v) is 7.47. The highest BCUT2D eigenvalue weighted by Crippen LogP contribution is 2.37. The molecule has 2 aromatic heterocycles. The molecule has 2 saturated heterocycles. The van der Waals surface area contributed by atoms with Gasteiger partial charge in [-0.1, -0.05) is 0 Å². The quantitative estimate of drug-likeness (QED) is 0.839. The Balaban J connectivity index is 1.75. The van der Waals surface area contributed by atoms with Crippen molar-refractivity contribution >= 4 is 17.5 Å². The number of pyridine rings is 1. The van der Waals surface area contributed by atoms with Crippen LogP contribution in [0.25, 0.3) is 0 Å². The molecule has 0 aromatic carbocycles. The maximum absolute atomic E-state index is 10.1. The summed E-state index contributed by atoms with van der Waals surface area (Å²) in [5.74, 6) is 2.34. The summed E-state index contributed by atoms with van der Waals surface area (Å²) in [5.41, 5.74) is 0.430. The lowest BCUT2D eigenvalue weighted by molar-refractivity contribution is 0.0985. The smallest absolute Gasteiger partial charge is 0.134 e. The fourth-order valence-electron chi connectivity index (χ4n) is 3.95. The number of morpholine rings is 1. The number of ether oxygens (including phenoxy) is 2. The molecule has 28 heavy (non-hydrogen) atoms. The van der Waals surface area contributed by atoms with Gasteiger partial charge in [0, 0.05) is 25.8 Å². The number of nitrogens with zero attached hydrogens (tertiary/aromatic N) is 4. The van der Waals surface area contributed by atoms with E-state index in [9.17, 15) is 5.26 Å². The first kappa shape index (κ1) is 18.7. The summed E-state index contributed by atoms with van der Waals surface area (Å²) >= 11 is 0. The summed E-state index contributed by atoms with van der Waals surface area (Å²) < 4.78 is 11.2. The van der Waals surface area contributed by atoms with E-state index in [-0.39, 0.29) is 6.04 Å². The van der Waals surface area contributed by atoms with E-state index in [0.29, 0.717) is 38.7 Å². The van der Waals surface area contributed by atoms with Crippen LogP contribution in [0, 0.1) is 11.3 Å². The number of hydrogen-bond acceptors (Lipinski definition) is 7. The minimum absolute atomic E-state index is 0.229. The molecule has 2 N–H and O–H groups in total. The van der Waals surface area contributed by atoms with Gasteiger partial charge in [0.25, 0.3) is 0 Å². The highest BCUT2D eigenvalue weighted by molar-refractivity contribution is 5.59. The Hall–Kier alpha value is -2.63. The second-order valence-electron chi connectivity index (χ2n) is 7.47. The van der Waals surface area contributed by atoms with Gasteiger partial charge < -0.3 is 19.7 Å². The number of aromatic nitrogens is 3. The highest BCUT2D eigenvalue weighted by atomic mass is 16.5. The monoisotopic (exact) mass is 382 g/mol. The summed E-state index contributed by atoms with van der Waals surface area (Å²) in [6.45, 7) is 5.58. The number of nitriles is 1. The van der Waals surface area contributed by atoms with Crippen molar-refractivity contribution in [2.24, 2.45) is 0 Å². The number of nitrogens with one attached hydrogen (secondary N) is 2. The van der Waals surface area contributed by atoms with Crippen LogP contribution in [0.1, 0.15) is 31.7 Å². The van der Waals surface area contributed by atoms with E-state index in [0.717, 1.165) is 36.6 Å². The van der Waals surface area contributed by atoms with Crippen LogP contribution in [-0.2, 0) is 14.9 Å². The molecule has 0 radical (unpaired) electrons. The summed E-state index contributed by atoms with van der Waals surface area (Å²) in [7, 11) is 0. The van der Waals surface area contributed by atoms with E-state index >= 15 is 0 Å². The average Bonchev–Trinajstić information content (AvgIpc) is 3.10. The topological polar surface area (TPSA) is 99.1 Å². The average molecular weight is 382 g/mol. The molecular formula is C20H26N6O2. The van der Waals surface area contributed by atoms with Crippen LogP contribution in [0.5, 0.6) is 0 Å². The van der Waals surface area contributed by atoms with E-state index in [1.54, 1.807) is 6.20 Å². The van der Waals surface area contributed by atoms with Crippen LogP contribution in [-0.4, -0.2) is 54.2 Å². The minimum Gasteiger partial charge on any atom is -0.381 e. The Labute approximate surface area is 164 Å². The molecule has 4 rings (SSSR count). The Morgan fingerprint density at radius 3 is 3.00 bits per heavy atom. The molecule has 2 aromatic rings. The molecule has 0 amide bonds. The summed E-state index contributed by atoms with van der Waals surface area (Å²) in [6.07, 6.45) is 4.04. The largest absolute Gasteiger partial charge is 0.381 e. The lowest BCUT2D eigenvalue weighted by Gasteiger charge is -2.35. The first-order valence-electron chi connectivity index (χ1n) is 9.82. The van der Waals surface area contributed by atoms with Crippen molar-refractivity contribution in [3.8, 4) is 6.07 Å². The first-order chi connectivity index (χ1) is 13.7. The van der Waals surface area contributed by atoms with E-state index in [2.05, 4.69) is 39.5 Å². The second kappa shape index (κ2) is 8.17. The van der Waals surface area contributed by atoms with Crippen LogP contribution < -0.4 is 10.2 Å². The standard InChI is InChI=1S/C20H26N6O2/c1-15-13-28-10-7-26(15)19-12-16(20(14-21)4-2-8-27-9-5-20)11-18(24-19)23-17-3-6-22-25-17/h3,6,11-12,15H,2,4-5,7-10,13H2,1H3,(H2,22,23,24,25)/t15-,20?/m1/s1. The molecule has 2 atom stereocenters. The third-order valence-electron chi connectivity index (χ3n) is 5.57. The predicted octanol–water partition coefficient (Wildman–Crippen LogP) is 2.74. The normalized spacial score (nSPS) is 25.7. The third kappa shape index (κ3) is 3.81. The summed E-state index contributed by atoms with van der Waals surface area (Å²) in [6, 6.07) is 8.75. The summed E-state index contributed by atoms with van der Waals surface area (Å²) in [4.78, 5) is 7.09. The van der Waals surface area contributed by atoms with Gasteiger partial charge in [0.2, 0.25) is 0 Å². The first-order valence-corrected chi connectivity index (χ1v) is 9.82. The Kier molecular flexibility index (Phi) is 5.46. The predicted molar refractivity (Wildman–Crippen MR) is 106 cm³/mol. The molecule has 0 saturated carbocycles. The third-order valence-corrected chi connectivity index (χ3v) is 5.57. The van der Waals surface area contributed by atoms with Gasteiger partial charge in [-0.3, -0.25) is 5.10 Å². The van der Waals surface area contributed by atoms with Gasteiger partial charge in [-0.2, -0.15) is 10.4 Å². The van der Waals surface area contributed by atoms with Crippen LogP contribution in [0.2, 0.25) is 0 Å². The van der Waals surface area contributed by atoms with Crippen molar-refractivity contribution < 1.29 is 9.47 Å². The number of H-pyrrole nitrogens is 1. The number of aromatic amines is 1. The summed E-state index contributed by atoms with van der Waals surface area (Å²) in [5, 5.41) is 20.3. The Morgan fingerprint density at radius 2 is 2.21 bits per heavy atom. The fourth-order valence-corrected chi connectivity index (χ4v) is 3.95. The van der Waals surface area contributed by atoms with Gasteiger partial charge in [0.1, 0.15) is 17.5 Å². The van der Waals surface area contributed by atoms with Gasteiger partial charge in [-0.25, -0.2) is 4.98 Å². The number of hydrogen-bond donors (Lipinski definition) is 2. The van der Waals surface area contributed by atoms with Crippen LogP contribution in [0.4, 0.5) is 17.5 Å². The van der Waals surface area contributed by atoms with Gasteiger partial charge in [-0.05, 0) is 43.9 Å². The zero-order chi connectivity index (χ0) is 19.4. The van der Waals surface area contributed by atoms with Crippen molar-refractivity contribution in [3.05, 3.63) is 30.0 Å². The molecular weight excluding hydrogens is 356 g/mol. The molecule has 2 fully saturated rings. The van der Waals surface area contributed by atoms with E-state index in [4.69, 9.17) is 14.5 Å². The molecule has 0 spiro atoms. The molecule has 8 nitrogen and oxygen atoms in total. The van der Waals surface area contributed by atoms with Crippen molar-refractivity contribution in [2.75, 3.05) is 43.2 Å². The molecule has 2 aliphatic rings. The molecule has 148 valence electrons. The lowest BCUT2D eigenvalue weighted by atomic mass is 9.76. The Morgan fingerprint density at radius 1 is 1.29 bits per heavy atom. The zero-order valence-electron chi connectivity index (χ0n) is 16.1. The van der Waals surface area contributed by atoms with Gasteiger partial charge in [-0.15, -0.1) is 0 Å². The van der Waals surface area contributed by atoms with Crippen LogP contribution in [0.3, 0.4) is 0 Å². The Bertz CT molecular complexity index is 824. The van der Waals surface area contributed by atoms with Crippen molar-refractivity contribution in [1.29, 1.82) is 5.26 Å². The minimum atomic E-state index is -0.561. The van der Waals surface area contributed by atoms with Gasteiger partial charge in [0.15, 0.2) is 0 Å². The molecule has 1 unspecified atom stereocenters. The molecule has 4 heterocycles. The molecule has 2 aliphatic heterocycles. The van der Waals surface area contributed by atoms with Crippen molar-refractivity contribution in [2.45, 2.75) is 37.6 Å².